The number of imide groups is 1. The third-order valence-electron chi connectivity index (χ3n) is 4.38. The van der Waals surface area contributed by atoms with Crippen molar-refractivity contribution >= 4 is 29.2 Å². The number of amides is 4. The monoisotopic (exact) mass is 338 g/mol. The third-order valence-corrected chi connectivity index (χ3v) is 5.26. The molecule has 3 rings (SSSR count). The molecular weight excluding hydrogens is 320 g/mol. The lowest BCUT2D eigenvalue weighted by Crippen LogP contribution is -2.51. The normalized spacial score (nSPS) is 20.0. The van der Waals surface area contributed by atoms with Crippen LogP contribution in [0.25, 0.3) is 0 Å². The van der Waals surface area contributed by atoms with Crippen molar-refractivity contribution in [3.05, 3.63) is 20.7 Å². The first kappa shape index (κ1) is 15.7. The fourth-order valence-electron chi connectivity index (χ4n) is 3.12. The highest BCUT2D eigenvalue weighted by molar-refractivity contribution is 7.07. The third kappa shape index (κ3) is 2.76. The number of urea groups is 1. The van der Waals surface area contributed by atoms with Crippen molar-refractivity contribution in [1.82, 2.24) is 20.3 Å². The van der Waals surface area contributed by atoms with Crippen molar-refractivity contribution in [3.63, 3.8) is 0 Å². The number of hydrazine groups is 1. The first-order valence-electron chi connectivity index (χ1n) is 7.54. The van der Waals surface area contributed by atoms with E-state index in [0.717, 1.165) is 35.6 Å². The quantitative estimate of drug-likeness (QED) is 0.784. The molecule has 1 saturated heterocycles. The maximum Gasteiger partial charge on any atom is 0.344 e. The van der Waals surface area contributed by atoms with E-state index in [0.29, 0.717) is 18.5 Å². The Kier molecular flexibility index (Phi) is 3.97. The molecule has 0 bridgehead atoms. The molecule has 4 amide bonds. The SMILES string of the molecule is Cc1csc(=O)n1CC(=O)NN1C(=O)NC2(CCCCC2)C1=O. The Morgan fingerprint density at radius 2 is 2.00 bits per heavy atom. The van der Waals surface area contributed by atoms with Gasteiger partial charge < -0.3 is 5.32 Å². The summed E-state index contributed by atoms with van der Waals surface area (Å²) < 4.78 is 1.30. The van der Waals surface area contributed by atoms with Crippen molar-refractivity contribution in [2.45, 2.75) is 51.1 Å². The average Bonchev–Trinajstić information content (AvgIpc) is 2.94. The molecule has 1 aliphatic carbocycles. The van der Waals surface area contributed by atoms with Crippen LogP contribution in [0.15, 0.2) is 10.2 Å². The van der Waals surface area contributed by atoms with E-state index in [2.05, 4.69) is 10.7 Å². The largest absolute Gasteiger partial charge is 0.344 e. The van der Waals surface area contributed by atoms with E-state index in [1.54, 1.807) is 12.3 Å². The molecule has 0 radical (unpaired) electrons. The van der Waals surface area contributed by atoms with Crippen molar-refractivity contribution in [2.24, 2.45) is 0 Å². The van der Waals surface area contributed by atoms with E-state index in [4.69, 9.17) is 0 Å². The van der Waals surface area contributed by atoms with Crippen LogP contribution in [0, 0.1) is 6.92 Å². The molecule has 0 atom stereocenters. The predicted molar refractivity (Wildman–Crippen MR) is 82.7 cm³/mol. The summed E-state index contributed by atoms with van der Waals surface area (Å²) in [6, 6.07) is -0.611. The topological polar surface area (TPSA) is 101 Å². The van der Waals surface area contributed by atoms with Gasteiger partial charge in [-0.3, -0.25) is 24.4 Å². The van der Waals surface area contributed by atoms with Gasteiger partial charge in [0, 0.05) is 11.1 Å². The second-order valence-electron chi connectivity index (χ2n) is 5.98. The Morgan fingerprint density at radius 1 is 1.30 bits per heavy atom. The summed E-state index contributed by atoms with van der Waals surface area (Å²) in [5.41, 5.74) is 2.11. The molecule has 124 valence electrons. The maximum atomic E-state index is 12.5. The molecule has 2 N–H and O–H groups in total. The Labute approximate surface area is 136 Å². The summed E-state index contributed by atoms with van der Waals surface area (Å²) in [5, 5.41) is 5.12. The molecule has 1 aromatic heterocycles. The number of hydrogen-bond donors (Lipinski definition) is 2. The lowest BCUT2D eigenvalue weighted by atomic mass is 9.82. The number of aryl methyl sites for hydroxylation is 1. The van der Waals surface area contributed by atoms with Crippen molar-refractivity contribution in [3.8, 4) is 0 Å². The first-order chi connectivity index (χ1) is 10.9. The summed E-state index contributed by atoms with van der Waals surface area (Å²) in [5.74, 6) is -0.991. The van der Waals surface area contributed by atoms with E-state index in [1.165, 1.54) is 4.57 Å². The minimum Gasteiger partial charge on any atom is -0.322 e. The zero-order chi connectivity index (χ0) is 16.6. The molecule has 9 heteroatoms. The van der Waals surface area contributed by atoms with Crippen LogP contribution in [-0.4, -0.2) is 33.0 Å². The van der Waals surface area contributed by atoms with Gasteiger partial charge in [0.25, 0.3) is 11.8 Å². The predicted octanol–water partition coefficient (Wildman–Crippen LogP) is 0.504. The number of hydrogen-bond acceptors (Lipinski definition) is 5. The molecule has 2 fully saturated rings. The van der Waals surface area contributed by atoms with Crippen LogP contribution >= 0.6 is 11.3 Å². The Morgan fingerprint density at radius 3 is 2.61 bits per heavy atom. The zero-order valence-electron chi connectivity index (χ0n) is 12.8. The van der Waals surface area contributed by atoms with Gasteiger partial charge in [0.05, 0.1) is 0 Å². The molecule has 2 heterocycles. The van der Waals surface area contributed by atoms with Crippen LogP contribution in [-0.2, 0) is 16.1 Å². The summed E-state index contributed by atoms with van der Waals surface area (Å²) in [4.78, 5) is 48.0. The lowest BCUT2D eigenvalue weighted by molar-refractivity contribution is -0.140. The number of thiazole rings is 1. The van der Waals surface area contributed by atoms with Crippen LogP contribution in [0.2, 0.25) is 0 Å². The van der Waals surface area contributed by atoms with Crippen LogP contribution < -0.4 is 15.6 Å². The standard InChI is InChI=1S/C14H18N4O4S/c1-9-8-23-13(22)17(9)7-10(19)16-18-11(20)14(15-12(18)21)5-3-2-4-6-14/h8H,2-7H2,1H3,(H,15,21)(H,16,19). The summed E-state index contributed by atoms with van der Waals surface area (Å²) in [6.45, 7) is 1.49. The lowest BCUT2D eigenvalue weighted by Gasteiger charge is -2.30. The zero-order valence-corrected chi connectivity index (χ0v) is 13.6. The summed E-state index contributed by atoms with van der Waals surface area (Å²) >= 11 is 1.00. The maximum absolute atomic E-state index is 12.5. The molecule has 0 aromatic carbocycles. The number of aromatic nitrogens is 1. The van der Waals surface area contributed by atoms with Crippen molar-refractivity contribution in [2.75, 3.05) is 0 Å². The summed E-state index contributed by atoms with van der Waals surface area (Å²) in [6.07, 6.45) is 3.96. The molecule has 1 saturated carbocycles. The first-order valence-corrected chi connectivity index (χ1v) is 8.42. The number of carbonyl (C=O) groups is 3. The van der Waals surface area contributed by atoms with Crippen molar-refractivity contribution < 1.29 is 14.4 Å². The van der Waals surface area contributed by atoms with E-state index >= 15 is 0 Å². The molecule has 0 unspecified atom stereocenters. The molecule has 2 aliphatic rings. The van der Waals surface area contributed by atoms with Gasteiger partial charge in [0.2, 0.25) is 0 Å². The number of carbonyl (C=O) groups excluding carboxylic acids is 3. The highest BCUT2D eigenvalue weighted by Crippen LogP contribution is 2.32. The number of rotatable bonds is 3. The summed E-state index contributed by atoms with van der Waals surface area (Å²) in [7, 11) is 0. The van der Waals surface area contributed by atoms with Crippen LogP contribution in [0.3, 0.4) is 0 Å². The molecule has 1 spiro atoms. The van der Waals surface area contributed by atoms with Gasteiger partial charge in [-0.2, -0.15) is 5.01 Å². The Balaban J connectivity index is 1.70. The minimum absolute atomic E-state index is 0.224. The average molecular weight is 338 g/mol. The second kappa shape index (κ2) is 5.80. The second-order valence-corrected chi connectivity index (χ2v) is 6.80. The van der Waals surface area contributed by atoms with Crippen molar-refractivity contribution in [1.29, 1.82) is 0 Å². The van der Waals surface area contributed by atoms with E-state index in [1.807, 2.05) is 0 Å². The molecule has 23 heavy (non-hydrogen) atoms. The fraction of sp³-hybridized carbons (Fsp3) is 0.571. The van der Waals surface area contributed by atoms with Crippen LogP contribution in [0.5, 0.6) is 0 Å². The van der Waals surface area contributed by atoms with Crippen LogP contribution in [0.4, 0.5) is 4.79 Å². The van der Waals surface area contributed by atoms with Gasteiger partial charge in [0.1, 0.15) is 12.1 Å². The molecule has 8 nitrogen and oxygen atoms in total. The van der Waals surface area contributed by atoms with Gasteiger partial charge in [-0.1, -0.05) is 30.6 Å². The van der Waals surface area contributed by atoms with Gasteiger partial charge in [0.15, 0.2) is 0 Å². The van der Waals surface area contributed by atoms with E-state index in [9.17, 15) is 19.2 Å². The number of nitrogens with one attached hydrogen (secondary N) is 2. The highest BCUT2D eigenvalue weighted by atomic mass is 32.1. The Hall–Kier alpha value is -2.16. The highest BCUT2D eigenvalue weighted by Gasteiger charge is 2.52. The molecule has 1 aromatic rings. The van der Waals surface area contributed by atoms with Gasteiger partial charge >= 0.3 is 10.9 Å². The smallest absolute Gasteiger partial charge is 0.322 e. The molecule has 1 aliphatic heterocycles. The van der Waals surface area contributed by atoms with Gasteiger partial charge in [-0.15, -0.1) is 0 Å². The van der Waals surface area contributed by atoms with Gasteiger partial charge in [-0.25, -0.2) is 4.79 Å². The van der Waals surface area contributed by atoms with Crippen LogP contribution in [0.1, 0.15) is 37.8 Å². The Bertz CT molecular complexity index is 717. The van der Waals surface area contributed by atoms with E-state index in [-0.39, 0.29) is 11.4 Å². The molecular formula is C14H18N4O4S. The minimum atomic E-state index is -0.877. The fourth-order valence-corrected chi connectivity index (χ4v) is 3.85. The number of nitrogens with zero attached hydrogens (tertiary/aromatic N) is 2. The van der Waals surface area contributed by atoms with E-state index < -0.39 is 23.4 Å². The van der Waals surface area contributed by atoms with Gasteiger partial charge in [-0.05, 0) is 19.8 Å².